The van der Waals surface area contributed by atoms with Crippen molar-refractivity contribution in [2.24, 2.45) is 63.3 Å². The number of amides is 17. The summed E-state index contributed by atoms with van der Waals surface area (Å²) in [5, 5.41) is 104. The third-order valence-electron chi connectivity index (χ3n) is 22.1. The minimum absolute atomic E-state index is 0.0218. The van der Waals surface area contributed by atoms with Crippen molar-refractivity contribution >= 4 is 130 Å². The fourth-order valence-corrected chi connectivity index (χ4v) is 14.2. The molecule has 0 radical (unpaired) electrons. The second kappa shape index (κ2) is 58.0. The van der Waals surface area contributed by atoms with Crippen molar-refractivity contribution in [2.45, 2.75) is 314 Å². The number of carbonyl (C=O) groups is 21. The Bertz CT molecular complexity index is 4020. The van der Waals surface area contributed by atoms with Gasteiger partial charge in [0.1, 0.15) is 103 Å². The van der Waals surface area contributed by atoms with Gasteiger partial charge in [-0.2, -0.15) is 0 Å². The van der Waals surface area contributed by atoms with Crippen molar-refractivity contribution in [3.8, 4) is 0 Å². The molecule has 2 rings (SSSR count). The molecule has 0 spiro atoms. The lowest BCUT2D eigenvalue weighted by molar-refractivity contribution is -0.145. The Morgan fingerprint density at radius 2 is 0.780 bits per heavy atom. The van der Waals surface area contributed by atoms with Crippen LogP contribution in [0.1, 0.15) is 205 Å². The first-order chi connectivity index (χ1) is 61.8. The van der Waals surface area contributed by atoms with E-state index >= 15 is 0 Å². The van der Waals surface area contributed by atoms with Crippen molar-refractivity contribution in [1.82, 2.24) is 84.2 Å². The normalized spacial score (nSPS) is 17.7. The third-order valence-corrected chi connectivity index (χ3v) is 22.1. The molecule has 0 aliphatic carbocycles. The second-order valence-corrected chi connectivity index (χ2v) is 34.3. The van der Waals surface area contributed by atoms with Crippen molar-refractivity contribution < 1.29 is 136 Å². The zero-order chi connectivity index (χ0) is 100. The van der Waals surface area contributed by atoms with Crippen LogP contribution in [0.3, 0.4) is 0 Å². The molecule has 2 aliphatic heterocycles. The number of carboxylic acid groups (broad SMARTS) is 4. The fourth-order valence-electron chi connectivity index (χ4n) is 14.2. The Kier molecular flexibility index (Phi) is 50.9. The Morgan fingerprint density at radius 1 is 0.394 bits per heavy atom. The maximum Gasteiger partial charge on any atom is 0.326 e. The Morgan fingerprint density at radius 3 is 1.23 bits per heavy atom. The number of nitrogens with two attached hydrogens (primary N) is 5. The molecule has 50 nitrogen and oxygen atoms in total. The standard InChI is InChI=1S/C82H140N22O28/c1-13-41(9)62(77(127)92-48(24-26-58(109)110)68(118)97-53(81(131)132)33-39(5)6)100-65(115)43(11)89-71(121)50(34-57(85)108)94-67(117)47(21-17-29-88-82(86)87)91-74(124)55-22-18-30-103(55)79(129)52(32-38(3)4)96-72(122)51(35-60(113)114)95-73(123)54(37-106)98-75(125)56-23-19-31-104(56)80(130)63(42(10)14-2)101-70(120)49(25-27-59(111)112)93-78(128)64(44(12)107)102-76(126)61(40(7)8)99-69(119)46(20-15-16-28-83)90-66(116)45(84)36-105/h38-56,61-64,105-107H,13-37,83-84H2,1-12H3,(H2,85,108)(H,89,121)(H,90,116)(H,91,124)(H,92,127)(H,93,128)(H,94,117)(H,95,123)(H,96,122)(H,97,118)(H,98,125)(H,99,119)(H,100,115)(H,101,120)(H,102,126)(H,109,110)(H,111,112)(H,113,114)(H,131,132)(H4,86,87,88)/t41-,42-,43-,44+,45-,46-,47-,48-,49-,50-,51-,52-,53-,54-,55-,56-,61-,62-,63-,64-/m0/s1. The molecule has 0 bridgehead atoms. The molecule has 2 saturated heterocycles. The molecule has 20 atom stereocenters. The van der Waals surface area contributed by atoms with E-state index in [0.717, 1.165) is 23.6 Å². The predicted octanol–water partition coefficient (Wildman–Crippen LogP) is -8.34. The number of hydrogen-bond acceptors (Lipinski definition) is 27. The van der Waals surface area contributed by atoms with Gasteiger partial charge in [-0.15, -0.1) is 0 Å². The molecule has 0 aromatic rings. The van der Waals surface area contributed by atoms with Crippen molar-refractivity contribution in [3.63, 3.8) is 0 Å². The van der Waals surface area contributed by atoms with E-state index in [9.17, 15) is 136 Å². The van der Waals surface area contributed by atoms with E-state index in [1.165, 1.54) is 13.8 Å². The minimum Gasteiger partial charge on any atom is -0.481 e. The molecule has 132 heavy (non-hydrogen) atoms. The van der Waals surface area contributed by atoms with E-state index in [1.807, 2.05) is 0 Å². The Hall–Kier alpha value is -12.1. The van der Waals surface area contributed by atoms with Crippen LogP contribution in [0.25, 0.3) is 0 Å². The van der Waals surface area contributed by atoms with Crippen LogP contribution in [0.5, 0.6) is 0 Å². The minimum atomic E-state index is -2.07. The number of nitrogens with zero attached hydrogens (tertiary/aromatic N) is 3. The molecule has 2 aliphatic rings. The van der Waals surface area contributed by atoms with Gasteiger partial charge in [0.25, 0.3) is 0 Å². The van der Waals surface area contributed by atoms with Crippen molar-refractivity contribution in [2.75, 3.05) is 39.4 Å². The average Bonchev–Trinajstić information content (AvgIpc) is 1.63. The fraction of sp³-hybridized carbons (Fsp3) is 0.732. The molecule has 0 aromatic heterocycles. The molecule has 0 unspecified atom stereocenters. The van der Waals surface area contributed by atoms with Gasteiger partial charge in [-0.1, -0.05) is 82.1 Å². The summed E-state index contributed by atoms with van der Waals surface area (Å²) in [7, 11) is 0. The second-order valence-electron chi connectivity index (χ2n) is 34.3. The highest BCUT2D eigenvalue weighted by molar-refractivity contribution is 6.03. The van der Waals surface area contributed by atoms with E-state index in [0.29, 0.717) is 12.8 Å². The SMILES string of the molecule is CC[C@H](C)[C@H](NC(=O)[C@H](C)NC(=O)[C@H](CC(N)=O)NC(=O)[C@H](CCCN=C(N)N)NC(=O)[C@@H]1CCCN1C(=O)[C@H](CC(C)C)NC(=O)[C@H](CC(=O)O)NC(=O)[C@H](CO)NC(=O)[C@@H]1CCCN1C(=O)[C@@H](NC(=O)[C@H](CCC(=O)O)NC(=O)[C@@H](NC(=O)[C@@H](NC(=O)[C@H](CCCCN)NC(=O)[C@@H](N)CO)C(C)C)[C@@H](C)O)[C@@H](C)CC)C(=O)N[C@@H](CCC(=O)O)C(=O)N[C@@H](CC(C)C)C(=O)O. The van der Waals surface area contributed by atoms with Crippen LogP contribution in [0.4, 0.5) is 0 Å². The number of nitrogens with one attached hydrogen (secondary N) is 14. The first-order valence-corrected chi connectivity index (χ1v) is 44.2. The zero-order valence-electron chi connectivity index (χ0n) is 76.9. The van der Waals surface area contributed by atoms with Crippen LogP contribution in [0.2, 0.25) is 0 Å². The number of aliphatic imine (C=N–C) groups is 1. The smallest absolute Gasteiger partial charge is 0.326 e. The number of primary amides is 1. The number of aliphatic hydroxyl groups is 3. The highest BCUT2D eigenvalue weighted by Crippen LogP contribution is 2.25. The summed E-state index contributed by atoms with van der Waals surface area (Å²) in [6.07, 6.45) is -5.60. The Labute approximate surface area is 764 Å². The monoisotopic (exact) mass is 1880 g/mol. The first kappa shape index (κ1) is 116. The van der Waals surface area contributed by atoms with Gasteiger partial charge in [0.15, 0.2) is 5.96 Å². The highest BCUT2D eigenvalue weighted by atomic mass is 16.4. The average molecular weight is 1880 g/mol. The van der Waals surface area contributed by atoms with Crippen LogP contribution in [-0.4, -0.2) is 324 Å². The lowest BCUT2D eigenvalue weighted by Crippen LogP contribution is -2.63. The summed E-state index contributed by atoms with van der Waals surface area (Å²) in [5.74, 6) is -27.2. The molecule has 0 saturated carbocycles. The van der Waals surface area contributed by atoms with Gasteiger partial charge >= 0.3 is 23.9 Å². The first-order valence-electron chi connectivity index (χ1n) is 44.2. The van der Waals surface area contributed by atoms with Gasteiger partial charge in [0.2, 0.25) is 100 Å². The number of hydrogen-bond donors (Lipinski definition) is 26. The van der Waals surface area contributed by atoms with Gasteiger partial charge in [0, 0.05) is 32.5 Å². The number of aliphatic carboxylic acids is 4. The maximum atomic E-state index is 14.8. The van der Waals surface area contributed by atoms with Crippen LogP contribution in [0.15, 0.2) is 4.99 Å². The van der Waals surface area contributed by atoms with E-state index in [2.05, 4.69) is 79.4 Å². The van der Waals surface area contributed by atoms with E-state index in [1.54, 1.807) is 55.4 Å². The number of unbranched alkanes of at least 4 members (excludes halogenated alkanes) is 1. The van der Waals surface area contributed by atoms with E-state index in [-0.39, 0.29) is 109 Å². The van der Waals surface area contributed by atoms with Crippen LogP contribution < -0.4 is 103 Å². The van der Waals surface area contributed by atoms with E-state index < -0.39 is 309 Å². The van der Waals surface area contributed by atoms with Gasteiger partial charge in [-0.3, -0.25) is 101 Å². The van der Waals surface area contributed by atoms with Gasteiger partial charge in [-0.25, -0.2) is 4.79 Å². The summed E-state index contributed by atoms with van der Waals surface area (Å²) in [6, 6.07) is -27.5. The number of carboxylic acids is 4. The van der Waals surface area contributed by atoms with Crippen LogP contribution in [0, 0.1) is 29.6 Å². The van der Waals surface area contributed by atoms with Crippen LogP contribution in [-0.2, 0) is 101 Å². The van der Waals surface area contributed by atoms with Gasteiger partial charge in [-0.05, 0) is 133 Å². The van der Waals surface area contributed by atoms with Crippen molar-refractivity contribution in [3.05, 3.63) is 0 Å². The van der Waals surface area contributed by atoms with Crippen molar-refractivity contribution in [1.29, 1.82) is 0 Å². The lowest BCUT2D eigenvalue weighted by atomic mass is 9.96. The van der Waals surface area contributed by atoms with E-state index in [4.69, 9.17) is 28.7 Å². The summed E-state index contributed by atoms with van der Waals surface area (Å²) in [6.45, 7) is 16.2. The lowest BCUT2D eigenvalue weighted by Gasteiger charge is -2.33. The Balaban J connectivity index is 2.46. The van der Waals surface area contributed by atoms with Gasteiger partial charge < -0.3 is 149 Å². The molecule has 746 valence electrons. The molecule has 31 N–H and O–H groups in total. The largest absolute Gasteiger partial charge is 0.481 e. The number of likely N-dealkylation sites (tertiary alicyclic amines) is 2. The molecular weight excluding hydrogens is 1740 g/mol. The molecule has 0 aromatic carbocycles. The zero-order valence-corrected chi connectivity index (χ0v) is 76.9. The molecule has 2 fully saturated rings. The third kappa shape index (κ3) is 39.5. The number of aliphatic hydroxyl groups excluding tert-OH is 3. The highest BCUT2D eigenvalue weighted by Gasteiger charge is 2.46. The number of guanidine groups is 1. The number of carbonyl (C=O) groups excluding carboxylic acids is 17. The quantitative estimate of drug-likeness (QED) is 0.0153. The predicted molar refractivity (Wildman–Crippen MR) is 469 cm³/mol. The maximum absolute atomic E-state index is 14.8. The summed E-state index contributed by atoms with van der Waals surface area (Å²) < 4.78 is 0. The molecule has 50 heteroatoms. The molecular formula is C82H140N22O28. The topological polar surface area (TPSA) is 817 Å². The summed E-state index contributed by atoms with van der Waals surface area (Å²) in [4.78, 5) is 292. The van der Waals surface area contributed by atoms with Gasteiger partial charge in [0.05, 0.1) is 32.2 Å². The van der Waals surface area contributed by atoms with Crippen LogP contribution >= 0.6 is 0 Å². The number of rotatable bonds is 61. The molecule has 2 heterocycles. The molecule has 17 amide bonds. The summed E-state index contributed by atoms with van der Waals surface area (Å²) >= 11 is 0. The summed E-state index contributed by atoms with van der Waals surface area (Å²) in [5.41, 5.74) is 27.9.